The molecule has 0 aliphatic rings. The van der Waals surface area contributed by atoms with Crippen LogP contribution in [0.2, 0.25) is 20.1 Å². The minimum Gasteiger partial charge on any atom is -0.336 e. The van der Waals surface area contributed by atoms with Crippen LogP contribution in [0.15, 0.2) is 71.3 Å². The summed E-state index contributed by atoms with van der Waals surface area (Å²) >= 11 is 24.3. The van der Waals surface area contributed by atoms with E-state index in [0.29, 0.717) is 32.0 Å². The molecule has 0 saturated heterocycles. The molecular formula is C22H13Cl4N3O2. The summed E-state index contributed by atoms with van der Waals surface area (Å²) in [6.45, 7) is 0. The lowest BCUT2D eigenvalue weighted by atomic mass is 10.1. The molecule has 0 radical (unpaired) electrons. The lowest BCUT2D eigenvalue weighted by molar-refractivity contribution is 0.0936. The Labute approximate surface area is 197 Å². The third kappa shape index (κ3) is 4.86. The van der Waals surface area contributed by atoms with E-state index in [4.69, 9.17) is 50.9 Å². The predicted octanol–water partition coefficient (Wildman–Crippen LogP) is 6.87. The normalized spacial score (nSPS) is 11.9. The summed E-state index contributed by atoms with van der Waals surface area (Å²) in [6.07, 6.45) is 0. The van der Waals surface area contributed by atoms with Crippen LogP contribution in [0.25, 0.3) is 11.4 Å². The van der Waals surface area contributed by atoms with Gasteiger partial charge in [0.05, 0.1) is 20.1 Å². The number of rotatable bonds is 5. The van der Waals surface area contributed by atoms with Gasteiger partial charge in [-0.3, -0.25) is 4.79 Å². The van der Waals surface area contributed by atoms with Crippen LogP contribution in [-0.4, -0.2) is 16.0 Å². The van der Waals surface area contributed by atoms with E-state index in [1.54, 1.807) is 30.3 Å². The Morgan fingerprint density at radius 2 is 1.52 bits per heavy atom. The zero-order chi connectivity index (χ0) is 22.0. The molecule has 3 aromatic carbocycles. The Morgan fingerprint density at radius 1 is 0.839 bits per heavy atom. The first-order valence-electron chi connectivity index (χ1n) is 9.02. The standard InChI is InChI=1S/C22H13Cl4N3O2/c23-15-8-6-13(10-17(15)25)19(27-21(30)14-7-9-16(24)18(26)11-14)22-28-20(29-31-22)12-4-2-1-3-5-12/h1-11,19H,(H,27,30). The molecule has 4 aromatic rings. The van der Waals surface area contributed by atoms with Gasteiger partial charge < -0.3 is 9.84 Å². The molecule has 1 heterocycles. The third-order valence-corrected chi connectivity index (χ3v) is 5.93. The van der Waals surface area contributed by atoms with Crippen molar-refractivity contribution in [2.45, 2.75) is 6.04 Å². The van der Waals surface area contributed by atoms with E-state index in [0.717, 1.165) is 5.56 Å². The number of amides is 1. The Balaban J connectivity index is 1.71. The second kappa shape index (κ2) is 9.28. The van der Waals surface area contributed by atoms with Crippen molar-refractivity contribution in [3.63, 3.8) is 0 Å². The van der Waals surface area contributed by atoms with Crippen LogP contribution in [-0.2, 0) is 0 Å². The van der Waals surface area contributed by atoms with E-state index in [9.17, 15) is 4.79 Å². The lowest BCUT2D eigenvalue weighted by Crippen LogP contribution is -2.29. The van der Waals surface area contributed by atoms with Gasteiger partial charge in [-0.15, -0.1) is 0 Å². The molecule has 0 saturated carbocycles. The molecule has 9 heteroatoms. The molecule has 4 rings (SSSR count). The second-order valence-corrected chi connectivity index (χ2v) is 8.16. The van der Waals surface area contributed by atoms with E-state index < -0.39 is 11.9 Å². The maximum Gasteiger partial charge on any atom is 0.254 e. The molecule has 5 nitrogen and oxygen atoms in total. The van der Waals surface area contributed by atoms with Gasteiger partial charge >= 0.3 is 0 Å². The smallest absolute Gasteiger partial charge is 0.254 e. The molecule has 0 spiro atoms. The van der Waals surface area contributed by atoms with E-state index in [-0.39, 0.29) is 10.9 Å². The number of halogens is 4. The number of nitrogens with zero attached hydrogens (tertiary/aromatic N) is 2. The first kappa shape index (κ1) is 21.7. The second-order valence-electron chi connectivity index (χ2n) is 6.53. The molecule has 31 heavy (non-hydrogen) atoms. The minimum atomic E-state index is -0.776. The lowest BCUT2D eigenvalue weighted by Gasteiger charge is -2.16. The van der Waals surface area contributed by atoms with Gasteiger partial charge in [-0.1, -0.05) is 88.0 Å². The molecule has 0 fully saturated rings. The van der Waals surface area contributed by atoms with Gasteiger partial charge in [0, 0.05) is 11.1 Å². The van der Waals surface area contributed by atoms with Gasteiger partial charge in [0.1, 0.15) is 6.04 Å². The summed E-state index contributed by atoms with van der Waals surface area (Å²) in [6, 6.07) is 18.2. The number of hydrogen-bond acceptors (Lipinski definition) is 4. The van der Waals surface area contributed by atoms with Crippen molar-refractivity contribution >= 4 is 52.3 Å². The Morgan fingerprint density at radius 3 is 2.19 bits per heavy atom. The third-order valence-electron chi connectivity index (χ3n) is 4.45. The van der Waals surface area contributed by atoms with Gasteiger partial charge in [0.15, 0.2) is 0 Å². The maximum atomic E-state index is 12.9. The zero-order valence-corrected chi connectivity index (χ0v) is 18.7. The van der Waals surface area contributed by atoms with Gasteiger partial charge in [-0.05, 0) is 35.9 Å². The van der Waals surface area contributed by atoms with Crippen molar-refractivity contribution in [1.29, 1.82) is 0 Å². The summed E-state index contributed by atoms with van der Waals surface area (Å²) in [4.78, 5) is 17.4. The van der Waals surface area contributed by atoms with Crippen molar-refractivity contribution in [1.82, 2.24) is 15.5 Å². The molecule has 156 valence electrons. The first-order valence-corrected chi connectivity index (χ1v) is 10.5. The molecular weight excluding hydrogens is 480 g/mol. The van der Waals surface area contributed by atoms with E-state index in [1.807, 2.05) is 30.3 Å². The Bertz CT molecular complexity index is 1240. The number of carbonyl (C=O) groups is 1. The highest BCUT2D eigenvalue weighted by Crippen LogP contribution is 2.30. The predicted molar refractivity (Wildman–Crippen MR) is 122 cm³/mol. The van der Waals surface area contributed by atoms with Gasteiger partial charge in [0.25, 0.3) is 11.8 Å². The number of aromatic nitrogens is 2. The van der Waals surface area contributed by atoms with Gasteiger partial charge in [-0.25, -0.2) is 0 Å². The summed E-state index contributed by atoms with van der Waals surface area (Å²) < 4.78 is 5.49. The van der Waals surface area contributed by atoms with E-state index >= 15 is 0 Å². The van der Waals surface area contributed by atoms with Crippen LogP contribution >= 0.6 is 46.4 Å². The average Bonchev–Trinajstić information content (AvgIpc) is 3.26. The fraction of sp³-hybridized carbons (Fsp3) is 0.0455. The average molecular weight is 493 g/mol. The highest BCUT2D eigenvalue weighted by Gasteiger charge is 2.25. The van der Waals surface area contributed by atoms with E-state index in [1.165, 1.54) is 6.07 Å². The van der Waals surface area contributed by atoms with Crippen molar-refractivity contribution < 1.29 is 9.32 Å². The monoisotopic (exact) mass is 491 g/mol. The zero-order valence-electron chi connectivity index (χ0n) is 15.7. The highest BCUT2D eigenvalue weighted by molar-refractivity contribution is 6.42. The fourth-order valence-electron chi connectivity index (χ4n) is 2.89. The largest absolute Gasteiger partial charge is 0.336 e. The minimum absolute atomic E-state index is 0.186. The maximum absolute atomic E-state index is 12.9. The molecule has 0 aliphatic heterocycles. The topological polar surface area (TPSA) is 68.0 Å². The molecule has 1 N–H and O–H groups in total. The fourth-order valence-corrected chi connectivity index (χ4v) is 3.49. The van der Waals surface area contributed by atoms with Gasteiger partial charge in [0.2, 0.25) is 5.82 Å². The van der Waals surface area contributed by atoms with Crippen molar-refractivity contribution in [3.05, 3.63) is 104 Å². The SMILES string of the molecule is O=C(NC(c1ccc(Cl)c(Cl)c1)c1nc(-c2ccccc2)no1)c1ccc(Cl)c(Cl)c1. The molecule has 1 atom stereocenters. The first-order chi connectivity index (χ1) is 14.9. The molecule has 0 bridgehead atoms. The van der Waals surface area contributed by atoms with Crippen molar-refractivity contribution in [2.75, 3.05) is 0 Å². The number of benzene rings is 3. The Hall–Kier alpha value is -2.57. The van der Waals surface area contributed by atoms with Crippen LogP contribution in [0, 0.1) is 0 Å². The summed E-state index contributed by atoms with van der Waals surface area (Å²) in [5.41, 5.74) is 1.72. The quantitative estimate of drug-likeness (QED) is 0.330. The highest BCUT2D eigenvalue weighted by atomic mass is 35.5. The summed E-state index contributed by atoms with van der Waals surface area (Å²) in [7, 11) is 0. The van der Waals surface area contributed by atoms with Crippen LogP contribution in [0.4, 0.5) is 0 Å². The Kier molecular flexibility index (Phi) is 6.49. The number of carbonyl (C=O) groups excluding carboxylic acids is 1. The molecule has 1 unspecified atom stereocenters. The van der Waals surface area contributed by atoms with Crippen LogP contribution in [0.3, 0.4) is 0 Å². The molecule has 1 amide bonds. The van der Waals surface area contributed by atoms with Crippen molar-refractivity contribution in [2.24, 2.45) is 0 Å². The number of nitrogens with one attached hydrogen (secondary N) is 1. The van der Waals surface area contributed by atoms with Crippen LogP contribution < -0.4 is 5.32 Å². The van der Waals surface area contributed by atoms with E-state index in [2.05, 4.69) is 15.5 Å². The molecule has 1 aromatic heterocycles. The van der Waals surface area contributed by atoms with Gasteiger partial charge in [-0.2, -0.15) is 4.98 Å². The van der Waals surface area contributed by atoms with Crippen molar-refractivity contribution in [3.8, 4) is 11.4 Å². The van der Waals surface area contributed by atoms with Crippen LogP contribution in [0.5, 0.6) is 0 Å². The number of hydrogen-bond donors (Lipinski definition) is 1. The van der Waals surface area contributed by atoms with Crippen LogP contribution in [0.1, 0.15) is 27.9 Å². The summed E-state index contributed by atoms with van der Waals surface area (Å²) in [5, 5.41) is 8.26. The summed E-state index contributed by atoms with van der Waals surface area (Å²) in [5.74, 6) is 0.171. The molecule has 0 aliphatic carbocycles.